The molecule has 0 aliphatic heterocycles. The SMILES string of the molecule is COCCOc1ccccc1-c1cnccc1N. The number of ether oxygens (including phenoxy) is 2. The van der Waals surface area contributed by atoms with E-state index in [-0.39, 0.29) is 0 Å². The molecule has 1 heterocycles. The molecule has 1 aromatic heterocycles. The second kappa shape index (κ2) is 6.02. The van der Waals surface area contributed by atoms with Crippen LogP contribution in [-0.2, 0) is 4.74 Å². The van der Waals surface area contributed by atoms with E-state index in [1.807, 2.05) is 24.3 Å². The maximum Gasteiger partial charge on any atom is 0.127 e. The number of pyridine rings is 1. The predicted octanol–water partition coefficient (Wildman–Crippen LogP) is 2.36. The van der Waals surface area contributed by atoms with Gasteiger partial charge in [0.25, 0.3) is 0 Å². The van der Waals surface area contributed by atoms with Crippen LogP contribution >= 0.6 is 0 Å². The van der Waals surface area contributed by atoms with Crippen LogP contribution in [0.5, 0.6) is 5.75 Å². The molecule has 0 aliphatic carbocycles. The summed E-state index contributed by atoms with van der Waals surface area (Å²) in [5.41, 5.74) is 8.47. The van der Waals surface area contributed by atoms with Crippen molar-refractivity contribution in [2.24, 2.45) is 0 Å². The Morgan fingerprint density at radius 2 is 1.94 bits per heavy atom. The van der Waals surface area contributed by atoms with E-state index in [9.17, 15) is 0 Å². The lowest BCUT2D eigenvalue weighted by Gasteiger charge is -2.12. The minimum atomic E-state index is 0.508. The van der Waals surface area contributed by atoms with E-state index in [0.29, 0.717) is 18.9 Å². The Balaban J connectivity index is 2.30. The molecular weight excluding hydrogens is 228 g/mol. The minimum absolute atomic E-state index is 0.508. The summed E-state index contributed by atoms with van der Waals surface area (Å²) in [4.78, 5) is 4.10. The fourth-order valence-corrected chi connectivity index (χ4v) is 1.68. The molecule has 1 aromatic carbocycles. The first-order valence-electron chi connectivity index (χ1n) is 5.73. The summed E-state index contributed by atoms with van der Waals surface area (Å²) in [5, 5.41) is 0. The van der Waals surface area contributed by atoms with Crippen LogP contribution in [0.3, 0.4) is 0 Å². The van der Waals surface area contributed by atoms with Crippen LogP contribution in [0, 0.1) is 0 Å². The van der Waals surface area contributed by atoms with Crippen molar-refractivity contribution in [3.8, 4) is 16.9 Å². The fraction of sp³-hybridized carbons (Fsp3) is 0.214. The van der Waals surface area contributed by atoms with Gasteiger partial charge in [-0.1, -0.05) is 18.2 Å². The number of nitrogens with zero attached hydrogens (tertiary/aromatic N) is 1. The number of methoxy groups -OCH3 is 1. The average molecular weight is 244 g/mol. The van der Waals surface area contributed by atoms with Gasteiger partial charge >= 0.3 is 0 Å². The zero-order valence-electron chi connectivity index (χ0n) is 10.3. The molecule has 2 rings (SSSR count). The Kier molecular flexibility index (Phi) is 4.15. The van der Waals surface area contributed by atoms with Crippen LogP contribution in [0.2, 0.25) is 0 Å². The van der Waals surface area contributed by atoms with Gasteiger partial charge in [0.15, 0.2) is 0 Å². The second-order valence-electron chi connectivity index (χ2n) is 3.80. The van der Waals surface area contributed by atoms with Gasteiger partial charge in [0.1, 0.15) is 12.4 Å². The van der Waals surface area contributed by atoms with Gasteiger partial charge < -0.3 is 15.2 Å². The molecule has 0 saturated carbocycles. The van der Waals surface area contributed by atoms with E-state index in [2.05, 4.69) is 4.98 Å². The van der Waals surface area contributed by atoms with Gasteiger partial charge in [-0.05, 0) is 12.1 Å². The molecular formula is C14H16N2O2. The van der Waals surface area contributed by atoms with E-state index in [4.69, 9.17) is 15.2 Å². The van der Waals surface area contributed by atoms with Crippen LogP contribution in [0.25, 0.3) is 11.1 Å². The summed E-state index contributed by atoms with van der Waals surface area (Å²) in [5.74, 6) is 0.786. The molecule has 0 amide bonds. The van der Waals surface area contributed by atoms with Crippen LogP contribution in [-0.4, -0.2) is 25.3 Å². The van der Waals surface area contributed by atoms with Crippen molar-refractivity contribution in [3.05, 3.63) is 42.7 Å². The number of benzene rings is 1. The zero-order valence-corrected chi connectivity index (χ0v) is 10.3. The lowest BCUT2D eigenvalue weighted by atomic mass is 10.1. The van der Waals surface area contributed by atoms with Crippen molar-refractivity contribution in [2.45, 2.75) is 0 Å². The molecule has 0 saturated heterocycles. The zero-order chi connectivity index (χ0) is 12.8. The highest BCUT2D eigenvalue weighted by Gasteiger charge is 2.08. The number of rotatable bonds is 5. The Bertz CT molecular complexity index is 515. The van der Waals surface area contributed by atoms with Crippen molar-refractivity contribution < 1.29 is 9.47 Å². The van der Waals surface area contributed by atoms with Gasteiger partial charge in [0, 0.05) is 36.3 Å². The smallest absolute Gasteiger partial charge is 0.127 e. The molecule has 4 heteroatoms. The van der Waals surface area contributed by atoms with E-state index in [0.717, 1.165) is 16.9 Å². The molecule has 0 atom stereocenters. The normalized spacial score (nSPS) is 10.3. The molecule has 0 spiro atoms. The Morgan fingerprint density at radius 1 is 1.11 bits per heavy atom. The summed E-state index contributed by atoms with van der Waals surface area (Å²) in [6.07, 6.45) is 3.42. The van der Waals surface area contributed by atoms with Gasteiger partial charge in [-0.2, -0.15) is 0 Å². The number of aromatic nitrogens is 1. The molecule has 18 heavy (non-hydrogen) atoms. The van der Waals surface area contributed by atoms with Crippen molar-refractivity contribution in [1.82, 2.24) is 4.98 Å². The van der Waals surface area contributed by atoms with Gasteiger partial charge in [0.05, 0.1) is 6.61 Å². The van der Waals surface area contributed by atoms with Crippen LogP contribution in [0.4, 0.5) is 5.69 Å². The maximum absolute atomic E-state index is 5.96. The molecule has 94 valence electrons. The molecule has 0 aliphatic rings. The molecule has 0 fully saturated rings. The molecule has 0 radical (unpaired) electrons. The van der Waals surface area contributed by atoms with Crippen molar-refractivity contribution >= 4 is 5.69 Å². The molecule has 2 N–H and O–H groups in total. The van der Waals surface area contributed by atoms with Gasteiger partial charge in [0.2, 0.25) is 0 Å². The van der Waals surface area contributed by atoms with Crippen molar-refractivity contribution in [3.63, 3.8) is 0 Å². The highest BCUT2D eigenvalue weighted by molar-refractivity contribution is 5.79. The Morgan fingerprint density at radius 3 is 2.72 bits per heavy atom. The molecule has 2 aromatic rings. The number of nitrogen functional groups attached to an aromatic ring is 1. The first-order valence-corrected chi connectivity index (χ1v) is 5.73. The quantitative estimate of drug-likeness (QED) is 0.820. The lowest BCUT2D eigenvalue weighted by molar-refractivity contribution is 0.146. The third kappa shape index (κ3) is 2.78. The first-order chi connectivity index (χ1) is 8.83. The highest BCUT2D eigenvalue weighted by Crippen LogP contribution is 2.32. The standard InChI is InChI=1S/C14H16N2O2/c1-17-8-9-18-14-5-3-2-4-11(14)12-10-16-7-6-13(12)15/h2-7,10H,8-9H2,1H3,(H2,15,16). The first kappa shape index (κ1) is 12.4. The summed E-state index contributed by atoms with van der Waals surface area (Å²) in [7, 11) is 1.65. The van der Waals surface area contributed by atoms with E-state index in [1.54, 1.807) is 25.6 Å². The number of hydrogen-bond donors (Lipinski definition) is 1. The number of anilines is 1. The summed E-state index contributed by atoms with van der Waals surface area (Å²) in [6.45, 7) is 1.06. The number of para-hydroxylation sites is 1. The van der Waals surface area contributed by atoms with Crippen LogP contribution < -0.4 is 10.5 Å². The van der Waals surface area contributed by atoms with Gasteiger partial charge in [-0.15, -0.1) is 0 Å². The lowest BCUT2D eigenvalue weighted by Crippen LogP contribution is -2.05. The minimum Gasteiger partial charge on any atom is -0.491 e. The average Bonchev–Trinajstić information content (AvgIpc) is 2.40. The number of nitrogens with two attached hydrogens (primary N) is 1. The molecule has 4 nitrogen and oxygen atoms in total. The third-order valence-corrected chi connectivity index (χ3v) is 2.58. The van der Waals surface area contributed by atoms with E-state index >= 15 is 0 Å². The number of hydrogen-bond acceptors (Lipinski definition) is 4. The molecule has 0 bridgehead atoms. The summed E-state index contributed by atoms with van der Waals surface area (Å²) >= 11 is 0. The highest BCUT2D eigenvalue weighted by atomic mass is 16.5. The second-order valence-corrected chi connectivity index (χ2v) is 3.80. The maximum atomic E-state index is 5.96. The fourth-order valence-electron chi connectivity index (χ4n) is 1.68. The Hall–Kier alpha value is -2.07. The van der Waals surface area contributed by atoms with Gasteiger partial charge in [-0.3, -0.25) is 4.98 Å². The van der Waals surface area contributed by atoms with E-state index in [1.165, 1.54) is 0 Å². The van der Waals surface area contributed by atoms with Crippen molar-refractivity contribution in [1.29, 1.82) is 0 Å². The topological polar surface area (TPSA) is 57.4 Å². The summed E-state index contributed by atoms with van der Waals surface area (Å²) < 4.78 is 10.6. The van der Waals surface area contributed by atoms with Crippen LogP contribution in [0.15, 0.2) is 42.7 Å². The molecule has 0 unspecified atom stereocenters. The Labute approximate surface area is 106 Å². The monoisotopic (exact) mass is 244 g/mol. The van der Waals surface area contributed by atoms with Gasteiger partial charge in [-0.25, -0.2) is 0 Å². The third-order valence-electron chi connectivity index (χ3n) is 2.58. The summed E-state index contributed by atoms with van der Waals surface area (Å²) in [6, 6.07) is 9.54. The largest absolute Gasteiger partial charge is 0.491 e. The predicted molar refractivity (Wildman–Crippen MR) is 71.5 cm³/mol. The van der Waals surface area contributed by atoms with E-state index < -0.39 is 0 Å². The van der Waals surface area contributed by atoms with Crippen molar-refractivity contribution in [2.75, 3.05) is 26.1 Å². The van der Waals surface area contributed by atoms with Crippen LogP contribution in [0.1, 0.15) is 0 Å².